The molecule has 0 spiro atoms. The molecule has 0 saturated carbocycles. The van der Waals surface area contributed by atoms with Gasteiger partial charge in [0.2, 0.25) is 0 Å². The molecule has 4 atom stereocenters. The van der Waals surface area contributed by atoms with Crippen molar-refractivity contribution in [1.82, 2.24) is 0 Å². The summed E-state index contributed by atoms with van der Waals surface area (Å²) in [6.45, 7) is 9.96. The highest BCUT2D eigenvalue weighted by atomic mass is 16.9. The highest BCUT2D eigenvalue weighted by Gasteiger charge is 2.63. The molecule has 3 aliphatic heterocycles. The molecule has 0 aromatic heterocycles. The summed E-state index contributed by atoms with van der Waals surface area (Å²) in [6, 6.07) is 0. The lowest BCUT2D eigenvalue weighted by atomic mass is 9.98. The van der Waals surface area contributed by atoms with Gasteiger partial charge in [0.1, 0.15) is 18.3 Å². The van der Waals surface area contributed by atoms with Crippen molar-refractivity contribution in [2.75, 3.05) is 6.61 Å². The zero-order chi connectivity index (χ0) is 12.5. The van der Waals surface area contributed by atoms with Gasteiger partial charge in [-0.3, -0.25) is 0 Å². The summed E-state index contributed by atoms with van der Waals surface area (Å²) in [5.41, 5.74) is 0. The third-order valence-electron chi connectivity index (χ3n) is 3.43. The van der Waals surface area contributed by atoms with Crippen molar-refractivity contribution in [3.8, 4) is 0 Å². The SMILES string of the molecule is CC1(C)OC2[C@@H](CO[C@@]3(C)OC(C)(C)O[C@@H]23)O1. The van der Waals surface area contributed by atoms with E-state index in [1.54, 1.807) is 0 Å². The third kappa shape index (κ3) is 1.81. The summed E-state index contributed by atoms with van der Waals surface area (Å²) < 4.78 is 29.2. The Morgan fingerprint density at radius 1 is 0.882 bits per heavy atom. The Bertz CT molecular complexity index is 340. The number of hydrogen-bond acceptors (Lipinski definition) is 5. The van der Waals surface area contributed by atoms with E-state index in [0.717, 1.165) is 0 Å². The Kier molecular flexibility index (Phi) is 2.25. The first-order chi connectivity index (χ1) is 7.71. The van der Waals surface area contributed by atoms with Crippen molar-refractivity contribution >= 4 is 0 Å². The molecule has 0 aliphatic carbocycles. The van der Waals surface area contributed by atoms with Gasteiger partial charge >= 0.3 is 0 Å². The van der Waals surface area contributed by atoms with Crippen LogP contribution in [0.4, 0.5) is 0 Å². The molecule has 3 fully saturated rings. The van der Waals surface area contributed by atoms with E-state index in [4.69, 9.17) is 23.7 Å². The molecular formula is C12H20O5. The predicted octanol–water partition coefficient (Wildman–Crippen LogP) is 1.40. The van der Waals surface area contributed by atoms with E-state index in [-0.39, 0.29) is 18.3 Å². The van der Waals surface area contributed by atoms with E-state index in [1.165, 1.54) is 0 Å². The van der Waals surface area contributed by atoms with Crippen molar-refractivity contribution in [2.45, 2.75) is 70.3 Å². The lowest BCUT2D eigenvalue weighted by Gasteiger charge is -2.38. The van der Waals surface area contributed by atoms with Gasteiger partial charge in [-0.2, -0.15) is 0 Å². The van der Waals surface area contributed by atoms with E-state index >= 15 is 0 Å². The van der Waals surface area contributed by atoms with Crippen molar-refractivity contribution in [3.63, 3.8) is 0 Å². The normalized spacial score (nSPS) is 51.0. The third-order valence-corrected chi connectivity index (χ3v) is 3.43. The summed E-state index contributed by atoms with van der Waals surface area (Å²) in [7, 11) is 0. The smallest absolute Gasteiger partial charge is 0.197 e. The second-order valence-electron chi connectivity index (χ2n) is 6.01. The van der Waals surface area contributed by atoms with Crippen LogP contribution in [-0.4, -0.2) is 42.3 Å². The minimum atomic E-state index is -0.742. The maximum Gasteiger partial charge on any atom is 0.197 e. The minimum absolute atomic E-state index is 0.0828. The molecule has 0 amide bonds. The maximum absolute atomic E-state index is 5.92. The summed E-state index contributed by atoms with van der Waals surface area (Å²) in [6.07, 6.45) is -0.468. The van der Waals surface area contributed by atoms with E-state index in [1.807, 2.05) is 34.6 Å². The number of hydrogen-bond donors (Lipinski definition) is 0. The Morgan fingerprint density at radius 2 is 1.59 bits per heavy atom. The van der Waals surface area contributed by atoms with Crippen molar-refractivity contribution in [2.24, 2.45) is 0 Å². The lowest BCUT2D eigenvalue weighted by Crippen LogP contribution is -2.56. The fourth-order valence-corrected chi connectivity index (χ4v) is 2.96. The van der Waals surface area contributed by atoms with E-state index in [0.29, 0.717) is 6.61 Å². The molecule has 5 nitrogen and oxygen atoms in total. The van der Waals surface area contributed by atoms with Crippen LogP contribution in [0.3, 0.4) is 0 Å². The van der Waals surface area contributed by atoms with Crippen LogP contribution in [0.25, 0.3) is 0 Å². The largest absolute Gasteiger partial charge is 0.345 e. The first-order valence-corrected chi connectivity index (χ1v) is 6.08. The lowest BCUT2D eigenvalue weighted by molar-refractivity contribution is -0.270. The molecule has 5 heteroatoms. The molecule has 1 unspecified atom stereocenters. The van der Waals surface area contributed by atoms with Crippen LogP contribution in [0.15, 0.2) is 0 Å². The predicted molar refractivity (Wildman–Crippen MR) is 58.2 cm³/mol. The quantitative estimate of drug-likeness (QED) is 0.644. The van der Waals surface area contributed by atoms with Crippen molar-refractivity contribution < 1.29 is 23.7 Å². The van der Waals surface area contributed by atoms with Gasteiger partial charge < -0.3 is 23.7 Å². The van der Waals surface area contributed by atoms with Crippen LogP contribution in [0, 0.1) is 0 Å². The fourth-order valence-electron chi connectivity index (χ4n) is 2.96. The zero-order valence-corrected chi connectivity index (χ0v) is 11.0. The average molecular weight is 244 g/mol. The maximum atomic E-state index is 5.92. The highest BCUT2D eigenvalue weighted by Crippen LogP contribution is 2.46. The summed E-state index contributed by atoms with van der Waals surface area (Å²) in [5.74, 6) is -1.97. The highest BCUT2D eigenvalue weighted by molar-refractivity contribution is 5.01. The molecule has 3 heterocycles. The van der Waals surface area contributed by atoms with Gasteiger partial charge in [0.15, 0.2) is 17.4 Å². The fraction of sp³-hybridized carbons (Fsp3) is 1.00. The summed E-state index contributed by atoms with van der Waals surface area (Å²) in [4.78, 5) is 0. The van der Waals surface area contributed by atoms with E-state index < -0.39 is 17.4 Å². The van der Waals surface area contributed by atoms with Gasteiger partial charge in [-0.05, 0) is 34.6 Å². The number of fused-ring (bicyclic) bond motifs is 3. The standard InChI is InChI=1S/C12H20O5/c1-10(2)14-7-6-13-12(5)9(8(7)15-10)16-11(3,4)17-12/h7-9H,6H2,1-5H3/t7-,8?,9+,12+/m1/s1. The molecular weight excluding hydrogens is 224 g/mol. The molecule has 17 heavy (non-hydrogen) atoms. The average Bonchev–Trinajstić information content (AvgIpc) is 2.57. The monoisotopic (exact) mass is 244 g/mol. The van der Waals surface area contributed by atoms with Crippen molar-refractivity contribution in [3.05, 3.63) is 0 Å². The molecule has 0 N–H and O–H groups in total. The first-order valence-electron chi connectivity index (χ1n) is 6.08. The van der Waals surface area contributed by atoms with Gasteiger partial charge in [0.05, 0.1) is 6.61 Å². The Morgan fingerprint density at radius 3 is 2.29 bits per heavy atom. The van der Waals surface area contributed by atoms with Crippen LogP contribution in [0.1, 0.15) is 34.6 Å². The van der Waals surface area contributed by atoms with Crippen LogP contribution < -0.4 is 0 Å². The molecule has 0 aromatic carbocycles. The van der Waals surface area contributed by atoms with Gasteiger partial charge in [-0.15, -0.1) is 0 Å². The van der Waals surface area contributed by atoms with Crippen LogP contribution >= 0.6 is 0 Å². The minimum Gasteiger partial charge on any atom is -0.345 e. The van der Waals surface area contributed by atoms with Gasteiger partial charge in [0.25, 0.3) is 0 Å². The molecule has 0 radical (unpaired) electrons. The van der Waals surface area contributed by atoms with E-state index in [9.17, 15) is 0 Å². The molecule has 0 aromatic rings. The Hall–Kier alpha value is -0.200. The first kappa shape index (κ1) is 11.9. The molecule has 3 saturated heterocycles. The van der Waals surface area contributed by atoms with Crippen LogP contribution in [0.5, 0.6) is 0 Å². The van der Waals surface area contributed by atoms with Crippen molar-refractivity contribution in [1.29, 1.82) is 0 Å². The Balaban J connectivity index is 1.88. The van der Waals surface area contributed by atoms with Gasteiger partial charge in [-0.25, -0.2) is 0 Å². The Labute approximate surface area is 101 Å². The molecule has 3 rings (SSSR count). The second kappa shape index (κ2) is 3.22. The van der Waals surface area contributed by atoms with E-state index in [2.05, 4.69) is 0 Å². The van der Waals surface area contributed by atoms with Gasteiger partial charge in [-0.1, -0.05) is 0 Å². The zero-order valence-electron chi connectivity index (χ0n) is 11.0. The second-order valence-corrected chi connectivity index (χ2v) is 6.01. The van der Waals surface area contributed by atoms with Crippen LogP contribution in [-0.2, 0) is 23.7 Å². The molecule has 0 bridgehead atoms. The topological polar surface area (TPSA) is 46.2 Å². The summed E-state index contributed by atoms with van der Waals surface area (Å²) >= 11 is 0. The van der Waals surface area contributed by atoms with Gasteiger partial charge in [0, 0.05) is 0 Å². The summed E-state index contributed by atoms with van der Waals surface area (Å²) in [5, 5.41) is 0. The molecule has 98 valence electrons. The van der Waals surface area contributed by atoms with Crippen LogP contribution in [0.2, 0.25) is 0 Å². The molecule has 3 aliphatic rings. The number of ether oxygens (including phenoxy) is 5. The number of rotatable bonds is 0.